The summed E-state index contributed by atoms with van der Waals surface area (Å²) < 4.78 is 1.58. The van der Waals surface area contributed by atoms with E-state index in [0.29, 0.717) is 12.2 Å². The van der Waals surface area contributed by atoms with E-state index >= 15 is 0 Å². The van der Waals surface area contributed by atoms with Crippen molar-refractivity contribution in [1.29, 1.82) is 0 Å². The van der Waals surface area contributed by atoms with Crippen molar-refractivity contribution in [2.75, 3.05) is 20.1 Å². The summed E-state index contributed by atoms with van der Waals surface area (Å²) >= 11 is 0. The third-order valence-electron chi connectivity index (χ3n) is 4.88. The van der Waals surface area contributed by atoms with Crippen molar-refractivity contribution in [3.05, 3.63) is 78.1 Å². The van der Waals surface area contributed by atoms with Crippen LogP contribution in [0.15, 0.2) is 66.9 Å². The van der Waals surface area contributed by atoms with Gasteiger partial charge in [-0.05, 0) is 17.7 Å². The van der Waals surface area contributed by atoms with E-state index in [9.17, 15) is 4.79 Å². The third kappa shape index (κ3) is 3.60. The van der Waals surface area contributed by atoms with Crippen LogP contribution in [0.4, 0.5) is 0 Å². The molecule has 27 heavy (non-hydrogen) atoms. The van der Waals surface area contributed by atoms with Crippen LogP contribution in [0.2, 0.25) is 0 Å². The van der Waals surface area contributed by atoms with Crippen LogP contribution in [0.25, 0.3) is 5.69 Å². The number of amides is 1. The van der Waals surface area contributed by atoms with Gasteiger partial charge in [-0.2, -0.15) is 0 Å². The van der Waals surface area contributed by atoms with Crippen molar-refractivity contribution in [2.24, 2.45) is 5.92 Å². The Bertz CT molecular complexity index is 895. The topological polar surface area (TPSA) is 75.1 Å². The number of aromatic nitrogens is 3. The number of nitrogens with one attached hydrogen (secondary N) is 2. The van der Waals surface area contributed by atoms with E-state index in [0.717, 1.165) is 12.2 Å². The van der Waals surface area contributed by atoms with Crippen LogP contribution in [-0.2, 0) is 0 Å². The quantitative estimate of drug-likeness (QED) is 0.724. The highest BCUT2D eigenvalue weighted by molar-refractivity contribution is 5.92. The Morgan fingerprint density at radius 1 is 1.15 bits per heavy atom. The molecule has 2 unspecified atom stereocenters. The minimum atomic E-state index is -0.0948. The smallest absolute Gasteiger partial charge is 0.274 e. The lowest BCUT2D eigenvalue weighted by Gasteiger charge is -2.25. The van der Waals surface area contributed by atoms with Crippen LogP contribution in [0.5, 0.6) is 0 Å². The van der Waals surface area contributed by atoms with Gasteiger partial charge in [0.1, 0.15) is 0 Å². The molecule has 2 N–H and O–H groups in total. The van der Waals surface area contributed by atoms with Crippen LogP contribution < -0.4 is 10.9 Å². The van der Waals surface area contributed by atoms with Gasteiger partial charge in [-0.1, -0.05) is 53.7 Å². The lowest BCUT2D eigenvalue weighted by atomic mass is 9.94. The molecule has 0 radical (unpaired) electrons. The first-order valence-electron chi connectivity index (χ1n) is 8.99. The van der Waals surface area contributed by atoms with Crippen molar-refractivity contribution in [3.63, 3.8) is 0 Å². The maximum atomic E-state index is 13.0. The highest BCUT2D eigenvalue weighted by Gasteiger charge is 2.31. The summed E-state index contributed by atoms with van der Waals surface area (Å²) in [5.41, 5.74) is 9.03. The monoisotopic (exact) mass is 362 g/mol. The maximum absolute atomic E-state index is 13.0. The fourth-order valence-corrected chi connectivity index (χ4v) is 3.49. The number of rotatable bonds is 5. The van der Waals surface area contributed by atoms with E-state index in [1.165, 1.54) is 11.8 Å². The van der Waals surface area contributed by atoms with Crippen LogP contribution in [0.1, 0.15) is 22.1 Å². The number of para-hydroxylation sites is 1. The lowest BCUT2D eigenvalue weighted by Crippen LogP contribution is -2.35. The first-order valence-corrected chi connectivity index (χ1v) is 8.99. The van der Waals surface area contributed by atoms with Gasteiger partial charge in [0.05, 0.1) is 17.9 Å². The molecule has 0 spiro atoms. The molecule has 2 heterocycles. The van der Waals surface area contributed by atoms with Crippen LogP contribution in [0.3, 0.4) is 0 Å². The Morgan fingerprint density at radius 3 is 2.59 bits per heavy atom. The second-order valence-corrected chi connectivity index (χ2v) is 6.73. The van der Waals surface area contributed by atoms with Gasteiger partial charge in [0.2, 0.25) is 0 Å². The molecule has 2 atom stereocenters. The zero-order chi connectivity index (χ0) is 18.6. The highest BCUT2D eigenvalue weighted by atomic mass is 16.2. The van der Waals surface area contributed by atoms with Gasteiger partial charge in [0.25, 0.3) is 5.91 Å². The average molecular weight is 362 g/mol. The van der Waals surface area contributed by atoms with E-state index in [1.807, 2.05) is 55.6 Å². The number of carbonyl (C=O) groups excluding carboxylic acids is 1. The molecule has 1 amide bonds. The number of carbonyl (C=O) groups is 1. The molecule has 7 heteroatoms. The first kappa shape index (κ1) is 17.4. The van der Waals surface area contributed by atoms with Crippen molar-refractivity contribution in [1.82, 2.24) is 30.7 Å². The van der Waals surface area contributed by atoms with Gasteiger partial charge >= 0.3 is 0 Å². The van der Waals surface area contributed by atoms with Crippen molar-refractivity contribution in [3.8, 4) is 5.69 Å². The Kier molecular flexibility index (Phi) is 4.95. The van der Waals surface area contributed by atoms with Crippen LogP contribution >= 0.6 is 0 Å². The summed E-state index contributed by atoms with van der Waals surface area (Å²) in [4.78, 5) is 14.8. The molecular formula is C20H22N6O. The Morgan fingerprint density at radius 2 is 1.85 bits per heavy atom. The summed E-state index contributed by atoms with van der Waals surface area (Å²) in [6.45, 7) is 1.42. The molecular weight excluding hydrogens is 340 g/mol. The van der Waals surface area contributed by atoms with Gasteiger partial charge in [-0.15, -0.1) is 5.10 Å². The molecule has 2 aromatic carbocycles. The Balaban J connectivity index is 1.50. The zero-order valence-electron chi connectivity index (χ0n) is 15.1. The lowest BCUT2D eigenvalue weighted by molar-refractivity contribution is 0.0762. The van der Waals surface area contributed by atoms with Crippen molar-refractivity contribution >= 4 is 5.91 Å². The second kappa shape index (κ2) is 7.69. The number of benzene rings is 2. The molecule has 1 aromatic heterocycles. The SMILES string of the molecule is CN(CC1CNNC1c1ccccc1)C(=O)c1cnnn1-c1ccccc1. The van der Waals surface area contributed by atoms with E-state index < -0.39 is 0 Å². The van der Waals surface area contributed by atoms with E-state index in [4.69, 9.17) is 0 Å². The maximum Gasteiger partial charge on any atom is 0.274 e. The predicted octanol–water partition coefficient (Wildman–Crippen LogP) is 1.80. The summed E-state index contributed by atoms with van der Waals surface area (Å²) in [6.07, 6.45) is 1.52. The second-order valence-electron chi connectivity index (χ2n) is 6.73. The molecule has 3 aromatic rings. The molecule has 7 nitrogen and oxygen atoms in total. The number of hydrazine groups is 1. The van der Waals surface area contributed by atoms with Gasteiger partial charge < -0.3 is 4.90 Å². The van der Waals surface area contributed by atoms with Crippen molar-refractivity contribution in [2.45, 2.75) is 6.04 Å². The first-order chi connectivity index (χ1) is 13.2. The third-order valence-corrected chi connectivity index (χ3v) is 4.88. The van der Waals surface area contributed by atoms with Gasteiger partial charge in [0.15, 0.2) is 5.69 Å². The summed E-state index contributed by atoms with van der Waals surface area (Å²) in [6, 6.07) is 20.0. The molecule has 0 aliphatic carbocycles. The normalized spacial score (nSPS) is 19.1. The Labute approximate surface area is 158 Å². The highest BCUT2D eigenvalue weighted by Crippen LogP contribution is 2.25. The molecule has 1 aliphatic rings. The average Bonchev–Trinajstić information content (AvgIpc) is 3.38. The molecule has 138 valence electrons. The summed E-state index contributed by atoms with van der Waals surface area (Å²) in [5.74, 6) is 0.171. The summed E-state index contributed by atoms with van der Waals surface area (Å²) in [5, 5.41) is 8.02. The largest absolute Gasteiger partial charge is 0.340 e. The number of hydrogen-bond donors (Lipinski definition) is 2. The minimum absolute atomic E-state index is 0.0948. The van der Waals surface area contributed by atoms with E-state index in [-0.39, 0.29) is 17.9 Å². The zero-order valence-corrected chi connectivity index (χ0v) is 15.1. The number of nitrogens with zero attached hydrogens (tertiary/aromatic N) is 4. The molecule has 1 aliphatic heterocycles. The molecule has 0 bridgehead atoms. The predicted molar refractivity (Wildman–Crippen MR) is 102 cm³/mol. The number of hydrogen-bond acceptors (Lipinski definition) is 5. The van der Waals surface area contributed by atoms with Crippen LogP contribution in [-0.4, -0.2) is 45.9 Å². The Hall–Kier alpha value is -3.03. The molecule has 0 saturated carbocycles. The van der Waals surface area contributed by atoms with Gasteiger partial charge in [0, 0.05) is 26.1 Å². The van der Waals surface area contributed by atoms with E-state index in [2.05, 4.69) is 33.3 Å². The standard InChI is InChI=1S/C20H22N6O/c1-25(14-16-12-21-23-19(16)15-8-4-2-5-9-15)20(27)18-13-22-24-26(18)17-10-6-3-7-11-17/h2-11,13,16,19,21,23H,12,14H2,1H3. The fourth-order valence-electron chi connectivity index (χ4n) is 3.49. The van der Waals surface area contributed by atoms with E-state index in [1.54, 1.807) is 9.58 Å². The molecule has 4 rings (SSSR count). The molecule has 1 fully saturated rings. The van der Waals surface area contributed by atoms with Crippen molar-refractivity contribution < 1.29 is 4.79 Å². The van der Waals surface area contributed by atoms with Gasteiger partial charge in [-0.25, -0.2) is 10.1 Å². The molecule has 1 saturated heterocycles. The fraction of sp³-hybridized carbons (Fsp3) is 0.250. The van der Waals surface area contributed by atoms with Gasteiger partial charge in [-0.3, -0.25) is 10.2 Å². The minimum Gasteiger partial charge on any atom is -0.340 e. The summed E-state index contributed by atoms with van der Waals surface area (Å²) in [7, 11) is 1.82. The van der Waals surface area contributed by atoms with Crippen LogP contribution in [0, 0.1) is 5.92 Å².